The number of carbonyl (C=O) groups excluding carboxylic acids is 6. The van der Waals surface area contributed by atoms with Crippen LogP contribution in [-0.4, -0.2) is 58.3 Å². The maximum Gasteiger partial charge on any atom is 0.232 e. The van der Waals surface area contributed by atoms with Gasteiger partial charge in [0.15, 0.2) is 0 Å². The van der Waals surface area contributed by atoms with Gasteiger partial charge in [-0.2, -0.15) is 0 Å². The molecule has 11 heteroatoms. The third-order valence-corrected chi connectivity index (χ3v) is 6.50. The van der Waals surface area contributed by atoms with Crippen molar-refractivity contribution in [1.29, 1.82) is 0 Å². The standard InChI is InChI=1S/C22H34N4O6S/c1-15-13-19(29)25(21(15)31)11-7-3-5-9-17(27)23-33-24-18(28)10-6-4-8-12-26-20(30)14-16(2)22(26)32/h15-16H,3-14H2,1-2H3,(H,23,27)(H,24,28). The molecule has 2 N–H and O–H groups in total. The lowest BCUT2D eigenvalue weighted by atomic mass is 10.1. The van der Waals surface area contributed by atoms with Crippen molar-refractivity contribution in [2.45, 2.75) is 78.1 Å². The van der Waals surface area contributed by atoms with E-state index >= 15 is 0 Å². The highest BCUT2D eigenvalue weighted by Gasteiger charge is 2.35. The van der Waals surface area contributed by atoms with Crippen LogP contribution in [0, 0.1) is 11.8 Å². The second-order valence-electron chi connectivity index (χ2n) is 8.75. The molecule has 0 aromatic carbocycles. The highest BCUT2D eigenvalue weighted by atomic mass is 32.2. The zero-order valence-electron chi connectivity index (χ0n) is 19.4. The average Bonchev–Trinajstić information content (AvgIpc) is 3.15. The Balaban J connectivity index is 1.43. The third kappa shape index (κ3) is 8.45. The summed E-state index contributed by atoms with van der Waals surface area (Å²) < 4.78 is 5.13. The number of nitrogens with one attached hydrogen (secondary N) is 2. The minimum atomic E-state index is -0.231. The van der Waals surface area contributed by atoms with E-state index in [2.05, 4.69) is 9.44 Å². The van der Waals surface area contributed by atoms with E-state index < -0.39 is 0 Å². The summed E-state index contributed by atoms with van der Waals surface area (Å²) in [6.07, 6.45) is 5.21. The van der Waals surface area contributed by atoms with E-state index in [0.717, 1.165) is 25.0 Å². The van der Waals surface area contributed by atoms with Crippen LogP contribution in [0.15, 0.2) is 0 Å². The highest BCUT2D eigenvalue weighted by molar-refractivity contribution is 7.96. The van der Waals surface area contributed by atoms with Gasteiger partial charge < -0.3 is 0 Å². The first-order valence-electron chi connectivity index (χ1n) is 11.6. The van der Waals surface area contributed by atoms with Crippen LogP contribution < -0.4 is 9.44 Å². The molecule has 0 bridgehead atoms. The molecule has 0 aliphatic carbocycles. The molecular weight excluding hydrogens is 448 g/mol. The third-order valence-electron chi connectivity index (χ3n) is 5.84. The summed E-state index contributed by atoms with van der Waals surface area (Å²) in [6.45, 7) is 4.31. The summed E-state index contributed by atoms with van der Waals surface area (Å²) in [6, 6.07) is 0. The van der Waals surface area contributed by atoms with Crippen LogP contribution in [0.1, 0.15) is 78.1 Å². The topological polar surface area (TPSA) is 133 Å². The van der Waals surface area contributed by atoms with E-state index in [-0.39, 0.29) is 60.1 Å². The number of carbonyl (C=O) groups is 6. The quantitative estimate of drug-likeness (QED) is 0.219. The SMILES string of the molecule is CC1CC(=O)N(CCCCCC(=O)NSNC(=O)CCCCCN2C(=O)CC(C)C2=O)C1=O. The van der Waals surface area contributed by atoms with E-state index in [1.165, 1.54) is 9.80 Å². The molecule has 0 saturated carbocycles. The number of likely N-dealkylation sites (tertiary alicyclic amines) is 2. The normalized spacial score (nSPS) is 20.7. The van der Waals surface area contributed by atoms with E-state index in [4.69, 9.17) is 0 Å². The molecule has 0 radical (unpaired) electrons. The van der Waals surface area contributed by atoms with E-state index in [0.29, 0.717) is 51.6 Å². The fraction of sp³-hybridized carbons (Fsp3) is 0.727. The number of imide groups is 2. The molecule has 2 aliphatic rings. The Morgan fingerprint density at radius 1 is 0.727 bits per heavy atom. The van der Waals surface area contributed by atoms with Crippen LogP contribution in [0.2, 0.25) is 0 Å². The molecule has 10 nitrogen and oxygen atoms in total. The van der Waals surface area contributed by atoms with Gasteiger partial charge in [0.25, 0.3) is 0 Å². The Kier molecular flexibility index (Phi) is 10.8. The summed E-state index contributed by atoms with van der Waals surface area (Å²) >= 11 is 0.845. The van der Waals surface area contributed by atoms with Gasteiger partial charge in [-0.15, -0.1) is 0 Å². The zero-order chi connectivity index (χ0) is 24.4. The first-order valence-corrected chi connectivity index (χ1v) is 12.4. The van der Waals surface area contributed by atoms with Gasteiger partial charge in [0, 0.05) is 50.6 Å². The Morgan fingerprint density at radius 3 is 1.45 bits per heavy atom. The van der Waals surface area contributed by atoms with E-state index in [1.54, 1.807) is 13.8 Å². The minimum absolute atomic E-state index is 0.115. The molecule has 2 heterocycles. The molecule has 33 heavy (non-hydrogen) atoms. The number of rotatable bonds is 14. The van der Waals surface area contributed by atoms with Crippen molar-refractivity contribution in [1.82, 2.24) is 19.2 Å². The van der Waals surface area contributed by atoms with Crippen LogP contribution in [0.4, 0.5) is 0 Å². The first kappa shape index (κ1) is 26.8. The molecular formula is C22H34N4O6S. The predicted molar refractivity (Wildman–Crippen MR) is 122 cm³/mol. The maximum atomic E-state index is 11.8. The summed E-state index contributed by atoms with van der Waals surface area (Å²) in [4.78, 5) is 73.3. The Bertz CT molecular complexity index is 712. The lowest BCUT2D eigenvalue weighted by Crippen LogP contribution is -2.31. The van der Waals surface area contributed by atoms with Crippen molar-refractivity contribution in [3.63, 3.8) is 0 Å². The van der Waals surface area contributed by atoms with Crippen molar-refractivity contribution < 1.29 is 28.8 Å². The molecule has 0 aromatic rings. The molecule has 0 spiro atoms. The van der Waals surface area contributed by atoms with Crippen molar-refractivity contribution >= 4 is 47.6 Å². The first-order chi connectivity index (χ1) is 15.7. The largest absolute Gasteiger partial charge is 0.282 e. The second-order valence-corrected chi connectivity index (χ2v) is 9.36. The molecule has 2 unspecified atom stereocenters. The predicted octanol–water partition coefficient (Wildman–Crippen LogP) is 1.69. The van der Waals surface area contributed by atoms with Crippen molar-refractivity contribution in [3.8, 4) is 0 Å². The number of hydrogen-bond acceptors (Lipinski definition) is 7. The Labute approximate surface area is 198 Å². The molecule has 2 saturated heterocycles. The van der Waals surface area contributed by atoms with E-state index in [9.17, 15) is 28.8 Å². The smallest absolute Gasteiger partial charge is 0.232 e. The fourth-order valence-electron chi connectivity index (χ4n) is 3.87. The molecule has 2 rings (SSSR count). The van der Waals surface area contributed by atoms with Gasteiger partial charge in [0.1, 0.15) is 0 Å². The van der Waals surface area contributed by atoms with Crippen LogP contribution in [0.5, 0.6) is 0 Å². The maximum absolute atomic E-state index is 11.8. The number of hydrogen-bond donors (Lipinski definition) is 2. The van der Waals surface area contributed by atoms with Crippen molar-refractivity contribution in [2.75, 3.05) is 13.1 Å². The van der Waals surface area contributed by atoms with Crippen LogP contribution >= 0.6 is 12.1 Å². The fourth-order valence-corrected chi connectivity index (χ4v) is 4.36. The average molecular weight is 483 g/mol. The molecule has 184 valence electrons. The van der Waals surface area contributed by atoms with Crippen molar-refractivity contribution in [3.05, 3.63) is 0 Å². The highest BCUT2D eigenvalue weighted by Crippen LogP contribution is 2.20. The van der Waals surface area contributed by atoms with Gasteiger partial charge >= 0.3 is 0 Å². The lowest BCUT2D eigenvalue weighted by molar-refractivity contribution is -0.140. The minimum Gasteiger partial charge on any atom is -0.282 e. The van der Waals surface area contributed by atoms with Crippen LogP contribution in [0.25, 0.3) is 0 Å². The van der Waals surface area contributed by atoms with Gasteiger partial charge in [-0.1, -0.05) is 26.7 Å². The lowest BCUT2D eigenvalue weighted by Gasteiger charge is -2.14. The Morgan fingerprint density at radius 2 is 1.12 bits per heavy atom. The summed E-state index contributed by atoms with van der Waals surface area (Å²) in [5.74, 6) is -1.33. The zero-order valence-corrected chi connectivity index (χ0v) is 20.2. The molecule has 0 aromatic heterocycles. The molecule has 2 aliphatic heterocycles. The summed E-state index contributed by atoms with van der Waals surface area (Å²) in [5, 5.41) is 0. The van der Waals surface area contributed by atoms with Gasteiger partial charge in [-0.05, 0) is 25.7 Å². The molecule has 2 atom stereocenters. The van der Waals surface area contributed by atoms with E-state index in [1.807, 2.05) is 0 Å². The summed E-state index contributed by atoms with van der Waals surface area (Å²) in [5.41, 5.74) is 0. The van der Waals surface area contributed by atoms with Gasteiger partial charge in [0.05, 0.1) is 12.1 Å². The second kappa shape index (κ2) is 13.3. The Hall–Kier alpha value is -2.43. The number of nitrogens with zero attached hydrogens (tertiary/aromatic N) is 2. The number of amides is 6. The van der Waals surface area contributed by atoms with Crippen LogP contribution in [0.3, 0.4) is 0 Å². The monoisotopic (exact) mass is 482 g/mol. The van der Waals surface area contributed by atoms with Crippen molar-refractivity contribution in [2.24, 2.45) is 11.8 Å². The molecule has 2 fully saturated rings. The molecule has 6 amide bonds. The van der Waals surface area contributed by atoms with Gasteiger partial charge in [-0.25, -0.2) is 0 Å². The van der Waals surface area contributed by atoms with Gasteiger partial charge in [-0.3, -0.25) is 48.0 Å². The number of unbranched alkanes of at least 4 members (excludes halogenated alkanes) is 4. The summed E-state index contributed by atoms with van der Waals surface area (Å²) in [7, 11) is 0. The van der Waals surface area contributed by atoms with Gasteiger partial charge in [0.2, 0.25) is 35.4 Å². The van der Waals surface area contributed by atoms with Crippen LogP contribution in [-0.2, 0) is 28.8 Å².